The molecule has 0 saturated carbocycles. The Labute approximate surface area is 291 Å². The van der Waals surface area contributed by atoms with Crippen molar-refractivity contribution in [2.75, 3.05) is 38.3 Å². The van der Waals surface area contributed by atoms with E-state index in [1.165, 1.54) is 32.2 Å². The average Bonchev–Trinajstić information content (AvgIpc) is 3.34. The summed E-state index contributed by atoms with van der Waals surface area (Å²) in [5.74, 6) is -2.84. The Kier molecular flexibility index (Phi) is 11.7. The van der Waals surface area contributed by atoms with E-state index < -0.39 is 58.7 Å². The Bertz CT molecular complexity index is 1700. The minimum atomic E-state index is -4.92. The molecule has 2 aromatic carbocycles. The van der Waals surface area contributed by atoms with Gasteiger partial charge in [0.15, 0.2) is 16.7 Å². The maximum atomic E-state index is 14.6. The number of hydrogen-bond acceptors (Lipinski definition) is 9. The van der Waals surface area contributed by atoms with Crippen molar-refractivity contribution in [3.05, 3.63) is 82.1 Å². The van der Waals surface area contributed by atoms with Gasteiger partial charge in [-0.15, -0.1) is 0 Å². The van der Waals surface area contributed by atoms with Crippen molar-refractivity contribution in [2.24, 2.45) is 0 Å². The number of nitrogens with zero attached hydrogens (tertiary/aromatic N) is 2. The number of halogens is 4. The number of nitrogens with one attached hydrogen (secondary N) is 2. The molecule has 2 heterocycles. The van der Waals surface area contributed by atoms with Crippen LogP contribution in [0.2, 0.25) is 5.15 Å². The molecule has 3 aromatic rings. The Balaban J connectivity index is 1.65. The van der Waals surface area contributed by atoms with Crippen molar-refractivity contribution in [3.8, 4) is 11.5 Å². The lowest BCUT2D eigenvalue weighted by Crippen LogP contribution is -2.48. The highest BCUT2D eigenvalue weighted by molar-refractivity contribution is 6.33. The topological polar surface area (TPSA) is 149 Å². The summed E-state index contributed by atoms with van der Waals surface area (Å²) in [6.45, 7) is 4.83. The number of hydrogen-bond donors (Lipinski definition) is 3. The number of benzene rings is 2. The Morgan fingerprint density at radius 2 is 1.78 bits per heavy atom. The van der Waals surface area contributed by atoms with Crippen molar-refractivity contribution >= 4 is 35.4 Å². The van der Waals surface area contributed by atoms with Gasteiger partial charge in [-0.05, 0) is 57.5 Å². The first kappa shape index (κ1) is 38.0. The van der Waals surface area contributed by atoms with Crippen molar-refractivity contribution in [3.63, 3.8) is 0 Å². The number of rotatable bonds is 11. The van der Waals surface area contributed by atoms with Gasteiger partial charge in [-0.25, -0.2) is 14.6 Å². The van der Waals surface area contributed by atoms with E-state index in [2.05, 4.69) is 15.6 Å². The molecule has 50 heavy (non-hydrogen) atoms. The second-order valence-corrected chi connectivity index (χ2v) is 12.9. The van der Waals surface area contributed by atoms with E-state index in [0.29, 0.717) is 5.56 Å². The van der Waals surface area contributed by atoms with E-state index in [-0.39, 0.29) is 54.7 Å². The summed E-state index contributed by atoms with van der Waals surface area (Å²) in [6.07, 6.45) is -6.67. The van der Waals surface area contributed by atoms with Gasteiger partial charge in [-0.3, -0.25) is 9.69 Å². The fraction of sp³-hybridized carbons (Fsp3) is 0.412. The third-order valence-electron chi connectivity index (χ3n) is 7.51. The van der Waals surface area contributed by atoms with Crippen LogP contribution < -0.4 is 25.0 Å². The average molecular weight is 723 g/mol. The smallest absolute Gasteiger partial charge is 0.415 e. The monoisotopic (exact) mass is 722 g/mol. The van der Waals surface area contributed by atoms with Crippen LogP contribution in [0.3, 0.4) is 0 Å². The number of pyridine rings is 1. The zero-order chi connectivity index (χ0) is 36.9. The molecule has 1 unspecified atom stereocenters. The van der Waals surface area contributed by atoms with Gasteiger partial charge in [-0.1, -0.05) is 41.9 Å². The maximum Gasteiger partial charge on any atom is 0.415 e. The number of alkyl halides is 3. The number of aromatic nitrogens is 1. The Morgan fingerprint density at radius 1 is 1.08 bits per heavy atom. The molecule has 0 radical (unpaired) electrons. The van der Waals surface area contributed by atoms with Crippen LogP contribution in [0.5, 0.6) is 11.5 Å². The van der Waals surface area contributed by atoms with Crippen LogP contribution in [0, 0.1) is 0 Å². The first-order valence-corrected chi connectivity index (χ1v) is 15.8. The molecule has 0 fully saturated rings. The lowest BCUT2D eigenvalue weighted by molar-refractivity contribution is -0.149. The van der Waals surface area contributed by atoms with E-state index in [0.717, 1.165) is 11.0 Å². The van der Waals surface area contributed by atoms with Gasteiger partial charge in [0.25, 0.3) is 5.91 Å². The molecule has 3 N–H and O–H groups in total. The fourth-order valence-electron chi connectivity index (χ4n) is 5.19. The predicted octanol–water partition coefficient (Wildman–Crippen LogP) is 6.09. The minimum absolute atomic E-state index is 0.0159. The zero-order valence-corrected chi connectivity index (χ0v) is 28.8. The number of methoxy groups -OCH3 is 1. The number of aliphatic hydroxyl groups excluding tert-OH is 1. The maximum absolute atomic E-state index is 14.6. The quantitative estimate of drug-likeness (QED) is 0.200. The van der Waals surface area contributed by atoms with Gasteiger partial charge in [-0.2, -0.15) is 13.2 Å². The lowest BCUT2D eigenvalue weighted by atomic mass is 9.92. The number of aliphatic hydroxyl groups is 1. The molecule has 1 aliphatic heterocycles. The summed E-state index contributed by atoms with van der Waals surface area (Å²) in [5, 5.41) is 13.5. The van der Waals surface area contributed by atoms with E-state index in [1.807, 2.05) is 0 Å². The molecule has 270 valence electrons. The first-order chi connectivity index (χ1) is 23.5. The molecule has 0 aliphatic carbocycles. The number of carbonyl (C=O) groups excluding carboxylic acids is 3. The largest absolute Gasteiger partial charge is 0.493 e. The molecule has 16 heteroatoms. The zero-order valence-electron chi connectivity index (χ0n) is 28.0. The molecule has 0 bridgehead atoms. The number of alkyl carbamates (subject to hydrolysis) is 1. The standard InChI is InChI=1S/C34H38ClF3N4O8/c1-32(2,3)50-31(46)42-19-33(4,41-30(45)49-18-20-9-7-6-8-10-20)22-16-24(40-28(35)27(22)42)23(34(36,37)38)17-39-29(44)21-11-12-25(48-14-13-43)26(15-21)47-5/h6-12,15-16,23,43H,13-14,17-19H2,1-5H3,(H,39,44)(H,41,45)/t23?,33-/m1/s1. The van der Waals surface area contributed by atoms with E-state index in [4.69, 9.17) is 35.7 Å². The van der Waals surface area contributed by atoms with Crippen molar-refractivity contribution in [2.45, 2.75) is 57.5 Å². The molecular formula is C34H38ClF3N4O8. The van der Waals surface area contributed by atoms with Gasteiger partial charge >= 0.3 is 18.4 Å². The third kappa shape index (κ3) is 9.27. The van der Waals surface area contributed by atoms with Gasteiger partial charge in [0.05, 0.1) is 37.2 Å². The summed E-state index contributed by atoms with van der Waals surface area (Å²) < 4.78 is 65.3. The van der Waals surface area contributed by atoms with Gasteiger partial charge in [0.2, 0.25) is 0 Å². The number of ether oxygens (including phenoxy) is 4. The second kappa shape index (κ2) is 15.4. The van der Waals surface area contributed by atoms with E-state index in [1.54, 1.807) is 51.1 Å². The number of anilines is 1. The van der Waals surface area contributed by atoms with E-state index in [9.17, 15) is 27.6 Å². The van der Waals surface area contributed by atoms with Gasteiger partial charge in [0, 0.05) is 17.7 Å². The highest BCUT2D eigenvalue weighted by Crippen LogP contribution is 2.46. The van der Waals surface area contributed by atoms with E-state index >= 15 is 0 Å². The molecule has 3 amide bonds. The molecule has 12 nitrogen and oxygen atoms in total. The number of carbonyl (C=O) groups is 3. The molecule has 1 aliphatic rings. The summed E-state index contributed by atoms with van der Waals surface area (Å²) in [5.41, 5.74) is -2.31. The van der Waals surface area contributed by atoms with Crippen LogP contribution in [0.15, 0.2) is 54.6 Å². The van der Waals surface area contributed by atoms with Crippen LogP contribution in [-0.2, 0) is 21.6 Å². The lowest BCUT2D eigenvalue weighted by Gasteiger charge is -2.28. The second-order valence-electron chi connectivity index (χ2n) is 12.6. The molecule has 0 spiro atoms. The predicted molar refractivity (Wildman–Crippen MR) is 177 cm³/mol. The molecule has 1 aromatic heterocycles. The highest BCUT2D eigenvalue weighted by Gasteiger charge is 2.49. The number of amides is 3. The summed E-state index contributed by atoms with van der Waals surface area (Å²) >= 11 is 6.53. The van der Waals surface area contributed by atoms with Crippen molar-refractivity contribution < 1.29 is 51.6 Å². The normalized spacial score (nSPS) is 16.2. The van der Waals surface area contributed by atoms with Crippen molar-refractivity contribution in [1.29, 1.82) is 0 Å². The van der Waals surface area contributed by atoms with Crippen LogP contribution in [-0.4, -0.2) is 73.4 Å². The molecule has 0 saturated heterocycles. The van der Waals surface area contributed by atoms with Crippen molar-refractivity contribution in [1.82, 2.24) is 15.6 Å². The fourth-order valence-corrected chi connectivity index (χ4v) is 5.50. The molecule has 2 atom stereocenters. The Morgan fingerprint density at radius 3 is 2.40 bits per heavy atom. The SMILES string of the molecule is COc1cc(C(=O)NCC(c2cc3c(c(Cl)n2)N(C(=O)OC(C)(C)C)C[C@@]3(C)NC(=O)OCc2ccccc2)C(F)(F)F)ccc1OCCO. The van der Waals surface area contributed by atoms with Crippen LogP contribution in [0.4, 0.5) is 28.4 Å². The summed E-state index contributed by atoms with van der Waals surface area (Å²) in [7, 11) is 1.32. The van der Waals surface area contributed by atoms with Crippen LogP contribution in [0.25, 0.3) is 0 Å². The van der Waals surface area contributed by atoms with Crippen LogP contribution in [0.1, 0.15) is 60.8 Å². The Hall–Kier alpha value is -4.76. The molecular weight excluding hydrogens is 685 g/mol. The minimum Gasteiger partial charge on any atom is -0.493 e. The highest BCUT2D eigenvalue weighted by atomic mass is 35.5. The van der Waals surface area contributed by atoms with Crippen LogP contribution >= 0.6 is 11.6 Å². The summed E-state index contributed by atoms with van der Waals surface area (Å²) in [4.78, 5) is 44.4. The van der Waals surface area contributed by atoms with Gasteiger partial charge in [0.1, 0.15) is 24.7 Å². The van der Waals surface area contributed by atoms with Gasteiger partial charge < -0.3 is 34.7 Å². The number of fused-ring (bicyclic) bond motifs is 1. The third-order valence-corrected chi connectivity index (χ3v) is 7.77. The first-order valence-electron chi connectivity index (χ1n) is 15.4. The summed E-state index contributed by atoms with van der Waals surface area (Å²) in [6, 6.07) is 13.9. The molecule has 4 rings (SSSR count).